The van der Waals surface area contributed by atoms with Crippen molar-refractivity contribution in [3.8, 4) is 11.3 Å². The molecule has 0 radical (unpaired) electrons. The van der Waals surface area contributed by atoms with Gasteiger partial charge in [-0.15, -0.1) is 0 Å². The lowest BCUT2D eigenvalue weighted by Crippen LogP contribution is -2.32. The predicted molar refractivity (Wildman–Crippen MR) is 114 cm³/mol. The van der Waals surface area contributed by atoms with Crippen LogP contribution in [0.2, 0.25) is 0 Å². The van der Waals surface area contributed by atoms with Crippen LogP contribution in [0.5, 0.6) is 0 Å². The summed E-state index contributed by atoms with van der Waals surface area (Å²) in [6, 6.07) is 15.3. The summed E-state index contributed by atoms with van der Waals surface area (Å²) < 4.78 is 13.1. The van der Waals surface area contributed by atoms with Gasteiger partial charge in [-0.25, -0.2) is 14.4 Å². The number of aromatic nitrogens is 2. The minimum atomic E-state index is -0.285. The van der Waals surface area contributed by atoms with Crippen LogP contribution >= 0.6 is 0 Å². The Morgan fingerprint density at radius 1 is 0.966 bits per heavy atom. The Balaban J connectivity index is 1.72. The maximum atomic E-state index is 13.1. The molecule has 29 heavy (non-hydrogen) atoms. The highest BCUT2D eigenvalue weighted by Crippen LogP contribution is 2.22. The summed E-state index contributed by atoms with van der Waals surface area (Å²) in [6.45, 7) is 5.68. The maximum absolute atomic E-state index is 13.1. The van der Waals surface area contributed by atoms with Gasteiger partial charge in [-0.1, -0.05) is 13.8 Å². The van der Waals surface area contributed by atoms with E-state index in [-0.39, 0.29) is 11.7 Å². The Bertz CT molecular complexity index is 936. The molecule has 1 amide bonds. The molecule has 150 valence electrons. The number of anilines is 2. The lowest BCUT2D eigenvalue weighted by molar-refractivity contribution is 0.0755. The normalized spacial score (nSPS) is 10.6. The van der Waals surface area contributed by atoms with Crippen molar-refractivity contribution in [3.63, 3.8) is 0 Å². The van der Waals surface area contributed by atoms with Crippen LogP contribution in [0.25, 0.3) is 11.3 Å². The molecule has 0 bridgehead atoms. The van der Waals surface area contributed by atoms with Gasteiger partial charge in [-0.2, -0.15) is 0 Å². The summed E-state index contributed by atoms with van der Waals surface area (Å²) in [4.78, 5) is 23.1. The van der Waals surface area contributed by atoms with Gasteiger partial charge in [0.2, 0.25) is 0 Å². The Morgan fingerprint density at radius 3 is 2.24 bits per heavy atom. The molecule has 3 aromatic rings. The predicted octanol–water partition coefficient (Wildman–Crippen LogP) is 5.29. The van der Waals surface area contributed by atoms with Gasteiger partial charge in [0, 0.05) is 36.0 Å². The van der Waals surface area contributed by atoms with Crippen molar-refractivity contribution in [2.75, 3.05) is 18.4 Å². The van der Waals surface area contributed by atoms with Crippen LogP contribution in [0.4, 0.5) is 15.9 Å². The molecule has 0 saturated heterocycles. The zero-order chi connectivity index (χ0) is 20.6. The molecule has 1 heterocycles. The lowest BCUT2D eigenvalue weighted by atomic mass is 10.1. The topological polar surface area (TPSA) is 58.1 Å². The number of rotatable bonds is 8. The van der Waals surface area contributed by atoms with Crippen LogP contribution in [0.15, 0.2) is 60.9 Å². The summed E-state index contributed by atoms with van der Waals surface area (Å²) >= 11 is 0. The van der Waals surface area contributed by atoms with Crippen LogP contribution in [0.3, 0.4) is 0 Å². The third-order valence-corrected chi connectivity index (χ3v) is 4.49. The summed E-state index contributed by atoms with van der Waals surface area (Å²) in [5.74, 6) is 0.394. The van der Waals surface area contributed by atoms with E-state index in [1.807, 2.05) is 29.2 Å². The molecule has 3 rings (SSSR count). The van der Waals surface area contributed by atoms with Gasteiger partial charge in [-0.05, 0) is 61.4 Å². The van der Waals surface area contributed by atoms with Crippen molar-refractivity contribution in [2.45, 2.75) is 26.7 Å². The van der Waals surface area contributed by atoms with Crippen molar-refractivity contribution in [2.24, 2.45) is 0 Å². The van der Waals surface area contributed by atoms with E-state index in [1.54, 1.807) is 18.2 Å². The smallest absolute Gasteiger partial charge is 0.253 e. The number of hydrogen-bond donors (Lipinski definition) is 1. The van der Waals surface area contributed by atoms with Crippen molar-refractivity contribution in [1.29, 1.82) is 0 Å². The van der Waals surface area contributed by atoms with Crippen LogP contribution in [0.1, 0.15) is 37.0 Å². The zero-order valence-corrected chi connectivity index (χ0v) is 16.7. The molecule has 5 nitrogen and oxygen atoms in total. The second-order valence-electron chi connectivity index (χ2n) is 6.79. The Labute approximate surface area is 170 Å². The van der Waals surface area contributed by atoms with Crippen molar-refractivity contribution >= 4 is 17.4 Å². The lowest BCUT2D eigenvalue weighted by Gasteiger charge is -2.21. The fraction of sp³-hybridized carbons (Fsp3) is 0.261. The highest BCUT2D eigenvalue weighted by atomic mass is 19.1. The van der Waals surface area contributed by atoms with E-state index < -0.39 is 0 Å². The highest BCUT2D eigenvalue weighted by molar-refractivity contribution is 5.94. The molecule has 1 N–H and O–H groups in total. The average Bonchev–Trinajstić information content (AvgIpc) is 2.74. The number of nitrogens with one attached hydrogen (secondary N) is 1. The first-order chi connectivity index (χ1) is 14.1. The first-order valence-electron chi connectivity index (χ1n) is 9.85. The first kappa shape index (κ1) is 20.5. The van der Waals surface area contributed by atoms with Gasteiger partial charge in [-0.3, -0.25) is 4.79 Å². The van der Waals surface area contributed by atoms with E-state index in [0.717, 1.165) is 37.2 Å². The van der Waals surface area contributed by atoms with Gasteiger partial charge in [0.05, 0.1) is 5.69 Å². The van der Waals surface area contributed by atoms with Crippen LogP contribution in [0, 0.1) is 5.82 Å². The number of carbonyl (C=O) groups is 1. The van der Waals surface area contributed by atoms with Crippen molar-refractivity contribution in [1.82, 2.24) is 14.9 Å². The molecule has 1 aromatic heterocycles. The largest absolute Gasteiger partial charge is 0.340 e. The zero-order valence-electron chi connectivity index (χ0n) is 16.7. The van der Waals surface area contributed by atoms with Gasteiger partial charge in [0.1, 0.15) is 18.0 Å². The second-order valence-corrected chi connectivity index (χ2v) is 6.79. The number of nitrogens with zero attached hydrogens (tertiary/aromatic N) is 3. The third-order valence-electron chi connectivity index (χ3n) is 4.49. The monoisotopic (exact) mass is 392 g/mol. The number of hydrogen-bond acceptors (Lipinski definition) is 4. The molecule has 6 heteroatoms. The number of amides is 1. The fourth-order valence-corrected chi connectivity index (χ4v) is 3.09. The minimum absolute atomic E-state index is 0.0564. The Morgan fingerprint density at radius 2 is 1.62 bits per heavy atom. The summed E-state index contributed by atoms with van der Waals surface area (Å²) in [6.07, 6.45) is 3.34. The molecular formula is C23H25FN4O. The highest BCUT2D eigenvalue weighted by Gasteiger charge is 2.14. The molecule has 0 aliphatic carbocycles. The van der Waals surface area contributed by atoms with Gasteiger partial charge >= 0.3 is 0 Å². The van der Waals surface area contributed by atoms with Crippen molar-refractivity contribution in [3.05, 3.63) is 72.3 Å². The first-order valence-corrected chi connectivity index (χ1v) is 9.85. The molecule has 0 saturated carbocycles. The molecule has 2 aromatic carbocycles. The van der Waals surface area contributed by atoms with Crippen molar-refractivity contribution < 1.29 is 9.18 Å². The number of carbonyl (C=O) groups excluding carboxylic acids is 1. The molecule has 0 unspecified atom stereocenters. The molecule has 0 spiro atoms. The molecule has 0 atom stereocenters. The third kappa shape index (κ3) is 5.38. The van der Waals surface area contributed by atoms with E-state index >= 15 is 0 Å². The van der Waals surface area contributed by atoms with Gasteiger partial charge in [0.25, 0.3) is 5.91 Å². The second kappa shape index (κ2) is 9.78. The van der Waals surface area contributed by atoms with Gasteiger partial charge < -0.3 is 10.2 Å². The van der Waals surface area contributed by atoms with E-state index in [2.05, 4.69) is 29.1 Å². The molecular weight excluding hydrogens is 367 g/mol. The minimum Gasteiger partial charge on any atom is -0.340 e. The van der Waals surface area contributed by atoms with Crippen LogP contribution in [-0.2, 0) is 0 Å². The van der Waals surface area contributed by atoms with E-state index in [1.165, 1.54) is 18.5 Å². The molecule has 0 fully saturated rings. The van der Waals surface area contributed by atoms with Gasteiger partial charge in [0.15, 0.2) is 0 Å². The van der Waals surface area contributed by atoms with E-state index in [9.17, 15) is 9.18 Å². The number of benzene rings is 2. The SMILES string of the molecule is CCCN(CCC)C(=O)c1ccc(Nc2cc(-c3ccc(F)cc3)ncn2)cc1. The Hall–Kier alpha value is -3.28. The average molecular weight is 392 g/mol. The van der Waals surface area contributed by atoms with E-state index in [4.69, 9.17) is 0 Å². The Kier molecular flexibility index (Phi) is 6.89. The van der Waals surface area contributed by atoms with Crippen LogP contribution in [-0.4, -0.2) is 33.9 Å². The fourth-order valence-electron chi connectivity index (χ4n) is 3.09. The molecule has 0 aliphatic rings. The number of halogens is 1. The molecule has 0 aliphatic heterocycles. The quantitative estimate of drug-likeness (QED) is 0.566. The summed E-state index contributed by atoms with van der Waals surface area (Å²) in [5, 5.41) is 3.22. The van der Waals surface area contributed by atoms with Crippen LogP contribution < -0.4 is 5.32 Å². The summed E-state index contributed by atoms with van der Waals surface area (Å²) in [5.41, 5.74) is 3.00. The maximum Gasteiger partial charge on any atom is 0.253 e. The standard InChI is InChI=1S/C23H25FN4O/c1-3-13-28(14-4-2)23(29)18-7-11-20(12-8-18)27-22-15-21(25-16-26-22)17-5-9-19(24)10-6-17/h5-12,15-16H,3-4,13-14H2,1-2H3,(H,25,26,27). The summed E-state index contributed by atoms with van der Waals surface area (Å²) in [7, 11) is 0. The van der Waals surface area contributed by atoms with E-state index in [0.29, 0.717) is 17.1 Å².